The fraction of sp³-hybridized carbons (Fsp3) is 0.571. The van der Waals surface area contributed by atoms with Crippen LogP contribution in [0.3, 0.4) is 0 Å². The average Bonchev–Trinajstić information content (AvgIpc) is 3.05. The second-order valence-corrected chi connectivity index (χ2v) is 5.20. The number of hydrogen-bond acceptors (Lipinski definition) is 4. The molecule has 2 aromatic rings. The topological polar surface area (TPSA) is 77.6 Å². The average molecular weight is 290 g/mol. The summed E-state index contributed by atoms with van der Waals surface area (Å²) in [6.07, 6.45) is 3.08. The Morgan fingerprint density at radius 1 is 1.43 bits per heavy atom. The van der Waals surface area contributed by atoms with Gasteiger partial charge in [-0.25, -0.2) is 4.98 Å². The lowest BCUT2D eigenvalue weighted by Crippen LogP contribution is -2.31. The Bertz CT molecular complexity index is 601. The molecule has 0 radical (unpaired) electrons. The highest BCUT2D eigenvalue weighted by molar-refractivity contribution is 5.78. The summed E-state index contributed by atoms with van der Waals surface area (Å²) in [5, 5.41) is 11.4. The van der Waals surface area contributed by atoms with Crippen LogP contribution in [0.4, 0.5) is 0 Å². The zero-order valence-corrected chi connectivity index (χ0v) is 13.0. The maximum Gasteiger partial charge on any atom is 0.224 e. The molecule has 0 aliphatic heterocycles. The summed E-state index contributed by atoms with van der Waals surface area (Å²) in [4.78, 5) is 16.0. The van der Waals surface area contributed by atoms with Gasteiger partial charge in [0.05, 0.1) is 18.2 Å². The first-order valence-corrected chi connectivity index (χ1v) is 7.16. The van der Waals surface area contributed by atoms with E-state index in [1.165, 1.54) is 6.33 Å². The lowest BCUT2D eigenvalue weighted by molar-refractivity contribution is -0.125. The van der Waals surface area contributed by atoms with E-state index < -0.39 is 0 Å². The lowest BCUT2D eigenvalue weighted by Gasteiger charge is -2.12. The van der Waals surface area contributed by atoms with Crippen LogP contribution in [0.1, 0.15) is 30.8 Å². The summed E-state index contributed by atoms with van der Waals surface area (Å²) in [6.45, 7) is 9.82. The molecule has 1 N–H and O–H groups in total. The molecule has 0 saturated carbocycles. The van der Waals surface area contributed by atoms with Crippen molar-refractivity contribution in [3.05, 3.63) is 29.6 Å². The van der Waals surface area contributed by atoms with Crippen molar-refractivity contribution < 1.29 is 4.79 Å². The zero-order valence-electron chi connectivity index (χ0n) is 13.0. The third-order valence-corrected chi connectivity index (χ3v) is 3.65. The molecule has 2 aromatic heterocycles. The molecule has 0 aliphatic rings. The quantitative estimate of drug-likeness (QED) is 0.863. The molecule has 0 saturated heterocycles. The van der Waals surface area contributed by atoms with Crippen molar-refractivity contribution in [3.63, 3.8) is 0 Å². The molecule has 2 heterocycles. The molecule has 0 fully saturated rings. The molecule has 7 heteroatoms. The molecule has 0 bridgehead atoms. The molecule has 0 aliphatic carbocycles. The van der Waals surface area contributed by atoms with Gasteiger partial charge in [0.2, 0.25) is 5.91 Å². The van der Waals surface area contributed by atoms with Gasteiger partial charge in [0.1, 0.15) is 12.7 Å². The Balaban J connectivity index is 1.93. The van der Waals surface area contributed by atoms with Crippen LogP contribution in [0.2, 0.25) is 0 Å². The van der Waals surface area contributed by atoms with Crippen molar-refractivity contribution >= 4 is 5.91 Å². The summed E-state index contributed by atoms with van der Waals surface area (Å²) in [5.74, 6) is -0.151. The van der Waals surface area contributed by atoms with Gasteiger partial charge in [-0.05, 0) is 20.8 Å². The van der Waals surface area contributed by atoms with Gasteiger partial charge in [-0.1, -0.05) is 6.92 Å². The third-order valence-electron chi connectivity index (χ3n) is 3.65. The maximum atomic E-state index is 12.1. The summed E-state index contributed by atoms with van der Waals surface area (Å²) in [5.41, 5.74) is 3.18. The number of hydrogen-bond donors (Lipinski definition) is 1. The van der Waals surface area contributed by atoms with Gasteiger partial charge in [0.25, 0.3) is 0 Å². The highest BCUT2D eigenvalue weighted by atomic mass is 16.1. The number of aromatic nitrogens is 5. The van der Waals surface area contributed by atoms with E-state index in [0.717, 1.165) is 23.5 Å². The zero-order chi connectivity index (χ0) is 15.4. The molecule has 2 rings (SSSR count). The molecule has 114 valence electrons. The van der Waals surface area contributed by atoms with Crippen LogP contribution < -0.4 is 5.32 Å². The second kappa shape index (κ2) is 6.51. The van der Waals surface area contributed by atoms with Crippen LogP contribution in [-0.2, 0) is 24.4 Å². The smallest absolute Gasteiger partial charge is 0.224 e. The first kappa shape index (κ1) is 15.2. The van der Waals surface area contributed by atoms with Gasteiger partial charge in [0.15, 0.2) is 0 Å². The van der Waals surface area contributed by atoms with Crippen molar-refractivity contribution in [1.29, 1.82) is 0 Å². The monoisotopic (exact) mass is 290 g/mol. The van der Waals surface area contributed by atoms with Gasteiger partial charge in [0, 0.05) is 24.3 Å². The van der Waals surface area contributed by atoms with Crippen LogP contribution in [0.5, 0.6) is 0 Å². The summed E-state index contributed by atoms with van der Waals surface area (Å²) >= 11 is 0. The minimum atomic E-state index is -0.159. The van der Waals surface area contributed by atoms with Crippen LogP contribution in [-0.4, -0.2) is 30.5 Å². The lowest BCUT2D eigenvalue weighted by atomic mass is 10.1. The van der Waals surface area contributed by atoms with E-state index in [1.807, 2.05) is 25.5 Å². The first-order chi connectivity index (χ1) is 10.0. The van der Waals surface area contributed by atoms with E-state index in [4.69, 9.17) is 0 Å². The summed E-state index contributed by atoms with van der Waals surface area (Å²) in [7, 11) is 0. The number of nitrogens with zero attached hydrogens (tertiary/aromatic N) is 5. The highest BCUT2D eigenvalue weighted by Crippen LogP contribution is 2.13. The first-order valence-electron chi connectivity index (χ1n) is 7.16. The normalized spacial score (nSPS) is 12.4. The standard InChI is InChI=1S/C14H22N6O/c1-5-20-12(4)13(11(3)18-20)6-16-14(21)10(2)7-19-9-15-8-17-19/h8-10H,5-7H2,1-4H3,(H,16,21)/t10-/m0/s1. The Kier molecular flexibility index (Phi) is 4.72. The predicted molar refractivity (Wildman–Crippen MR) is 78.4 cm³/mol. The van der Waals surface area contributed by atoms with E-state index in [9.17, 15) is 4.79 Å². The minimum Gasteiger partial charge on any atom is -0.352 e. The number of aryl methyl sites for hydroxylation is 2. The van der Waals surface area contributed by atoms with Gasteiger partial charge in [-0.2, -0.15) is 10.2 Å². The molecule has 21 heavy (non-hydrogen) atoms. The molecule has 1 atom stereocenters. The molecule has 1 amide bonds. The van der Waals surface area contributed by atoms with Crippen molar-refractivity contribution in [2.75, 3.05) is 0 Å². The Hall–Kier alpha value is -2.18. The SMILES string of the molecule is CCn1nc(C)c(CNC(=O)[C@@H](C)Cn2cncn2)c1C. The molecule has 7 nitrogen and oxygen atoms in total. The highest BCUT2D eigenvalue weighted by Gasteiger charge is 2.16. The third kappa shape index (κ3) is 3.48. The van der Waals surface area contributed by atoms with E-state index in [1.54, 1.807) is 11.0 Å². The van der Waals surface area contributed by atoms with Crippen molar-refractivity contribution in [2.45, 2.75) is 47.3 Å². The number of amides is 1. The number of nitrogens with one attached hydrogen (secondary N) is 1. The summed E-state index contributed by atoms with van der Waals surface area (Å²) in [6, 6.07) is 0. The molecular weight excluding hydrogens is 268 g/mol. The summed E-state index contributed by atoms with van der Waals surface area (Å²) < 4.78 is 3.62. The molecule has 0 spiro atoms. The fourth-order valence-electron chi connectivity index (χ4n) is 2.34. The van der Waals surface area contributed by atoms with Gasteiger partial charge >= 0.3 is 0 Å². The molecular formula is C14H22N6O. The van der Waals surface area contributed by atoms with Crippen LogP contribution in [0.15, 0.2) is 12.7 Å². The maximum absolute atomic E-state index is 12.1. The molecule has 0 unspecified atom stereocenters. The van der Waals surface area contributed by atoms with Gasteiger partial charge in [-0.3, -0.25) is 14.2 Å². The van der Waals surface area contributed by atoms with Crippen molar-refractivity contribution in [3.8, 4) is 0 Å². The van der Waals surface area contributed by atoms with Crippen LogP contribution in [0.25, 0.3) is 0 Å². The van der Waals surface area contributed by atoms with E-state index in [2.05, 4.69) is 27.4 Å². The minimum absolute atomic E-state index is 0.00792. The number of carbonyl (C=O) groups is 1. The largest absolute Gasteiger partial charge is 0.352 e. The fourth-order valence-corrected chi connectivity index (χ4v) is 2.34. The van der Waals surface area contributed by atoms with E-state index >= 15 is 0 Å². The molecule has 0 aromatic carbocycles. The number of rotatable bonds is 6. The second-order valence-electron chi connectivity index (χ2n) is 5.20. The van der Waals surface area contributed by atoms with Crippen LogP contribution >= 0.6 is 0 Å². The van der Waals surface area contributed by atoms with Gasteiger partial charge < -0.3 is 5.32 Å². The van der Waals surface area contributed by atoms with E-state index in [0.29, 0.717) is 13.1 Å². The number of carbonyl (C=O) groups excluding carboxylic acids is 1. The Morgan fingerprint density at radius 3 is 2.76 bits per heavy atom. The van der Waals surface area contributed by atoms with Crippen molar-refractivity contribution in [2.24, 2.45) is 5.92 Å². The van der Waals surface area contributed by atoms with Gasteiger partial charge in [-0.15, -0.1) is 0 Å². The Labute approximate surface area is 124 Å². The van der Waals surface area contributed by atoms with Crippen molar-refractivity contribution in [1.82, 2.24) is 29.9 Å². The van der Waals surface area contributed by atoms with Crippen LogP contribution in [0, 0.1) is 19.8 Å². The van der Waals surface area contributed by atoms with E-state index in [-0.39, 0.29) is 11.8 Å². The Morgan fingerprint density at radius 2 is 2.19 bits per heavy atom. The predicted octanol–water partition coefficient (Wildman–Crippen LogP) is 1.06.